The number of rotatable bonds is 4. The molecule has 1 heterocycles. The molecular weight excluding hydrogens is 224 g/mol. The van der Waals surface area contributed by atoms with Gasteiger partial charge in [-0.2, -0.15) is 5.10 Å². The van der Waals surface area contributed by atoms with Crippen LogP contribution < -0.4 is 5.32 Å². The van der Waals surface area contributed by atoms with Gasteiger partial charge in [0.05, 0.1) is 17.8 Å². The number of carbonyl (C=O) groups is 2. The predicted octanol–water partition coefficient (Wildman–Crippen LogP) is 0.667. The molecule has 7 nitrogen and oxygen atoms in total. The van der Waals surface area contributed by atoms with Crippen molar-refractivity contribution in [1.82, 2.24) is 14.7 Å². The van der Waals surface area contributed by atoms with Gasteiger partial charge in [0.1, 0.15) is 0 Å². The molecule has 2 N–H and O–H groups in total. The van der Waals surface area contributed by atoms with Crippen LogP contribution in [0.3, 0.4) is 0 Å². The molecule has 2 amide bonds. The highest BCUT2D eigenvalue weighted by atomic mass is 16.4. The maximum absolute atomic E-state index is 11.7. The van der Waals surface area contributed by atoms with Gasteiger partial charge in [-0.15, -0.1) is 0 Å². The summed E-state index contributed by atoms with van der Waals surface area (Å²) in [5.41, 5.74) is 1.34. The number of carboxylic acid groups (broad SMARTS) is 1. The van der Waals surface area contributed by atoms with E-state index in [1.807, 2.05) is 0 Å². The number of carbonyl (C=O) groups excluding carboxylic acids is 1. The SMILES string of the molecule is Cc1nn(C)cc1NC(=O)N(C)CCC(=O)O. The van der Waals surface area contributed by atoms with Crippen LogP contribution in [-0.4, -0.2) is 45.4 Å². The van der Waals surface area contributed by atoms with Crippen molar-refractivity contribution in [3.05, 3.63) is 11.9 Å². The summed E-state index contributed by atoms with van der Waals surface area (Å²) < 4.78 is 1.60. The third-order valence-corrected chi connectivity index (χ3v) is 2.26. The number of aliphatic carboxylic acids is 1. The lowest BCUT2D eigenvalue weighted by Crippen LogP contribution is -2.33. The van der Waals surface area contributed by atoms with Gasteiger partial charge >= 0.3 is 12.0 Å². The van der Waals surface area contributed by atoms with Gasteiger partial charge in [0.2, 0.25) is 0 Å². The molecule has 0 atom stereocenters. The van der Waals surface area contributed by atoms with E-state index >= 15 is 0 Å². The first-order valence-electron chi connectivity index (χ1n) is 5.14. The van der Waals surface area contributed by atoms with Crippen molar-refractivity contribution in [2.75, 3.05) is 18.9 Å². The molecule has 0 fully saturated rings. The number of amides is 2. The van der Waals surface area contributed by atoms with Crippen LogP contribution >= 0.6 is 0 Å². The molecule has 1 rings (SSSR count). The lowest BCUT2D eigenvalue weighted by atomic mass is 10.4. The highest BCUT2D eigenvalue weighted by Crippen LogP contribution is 2.11. The average molecular weight is 240 g/mol. The van der Waals surface area contributed by atoms with Gasteiger partial charge in [0.25, 0.3) is 0 Å². The molecule has 17 heavy (non-hydrogen) atoms. The monoisotopic (exact) mass is 240 g/mol. The zero-order chi connectivity index (χ0) is 13.0. The molecule has 0 aliphatic rings. The molecule has 0 unspecified atom stereocenters. The summed E-state index contributed by atoms with van der Waals surface area (Å²) >= 11 is 0. The minimum Gasteiger partial charge on any atom is -0.481 e. The van der Waals surface area contributed by atoms with E-state index in [1.54, 1.807) is 31.9 Å². The molecule has 0 spiro atoms. The van der Waals surface area contributed by atoms with Crippen LogP contribution in [-0.2, 0) is 11.8 Å². The molecule has 1 aromatic heterocycles. The van der Waals surface area contributed by atoms with E-state index in [9.17, 15) is 9.59 Å². The number of aromatic nitrogens is 2. The van der Waals surface area contributed by atoms with Crippen LogP contribution in [0.5, 0.6) is 0 Å². The van der Waals surface area contributed by atoms with Crippen molar-refractivity contribution >= 4 is 17.7 Å². The molecule has 94 valence electrons. The predicted molar refractivity (Wildman–Crippen MR) is 61.8 cm³/mol. The number of urea groups is 1. The molecule has 0 saturated carbocycles. The van der Waals surface area contributed by atoms with Gasteiger partial charge in [-0.1, -0.05) is 0 Å². The van der Waals surface area contributed by atoms with Crippen molar-refractivity contribution in [3.8, 4) is 0 Å². The molecule has 0 aliphatic heterocycles. The molecular formula is C10H16N4O3. The molecule has 7 heteroatoms. The van der Waals surface area contributed by atoms with E-state index in [-0.39, 0.29) is 19.0 Å². The van der Waals surface area contributed by atoms with E-state index in [0.29, 0.717) is 11.4 Å². The highest BCUT2D eigenvalue weighted by molar-refractivity contribution is 5.89. The Morgan fingerprint density at radius 2 is 2.24 bits per heavy atom. The fourth-order valence-electron chi connectivity index (χ4n) is 1.30. The van der Waals surface area contributed by atoms with Gasteiger partial charge in [-0.25, -0.2) is 4.79 Å². The Kier molecular flexibility index (Phi) is 4.08. The summed E-state index contributed by atoms with van der Waals surface area (Å²) in [4.78, 5) is 23.4. The van der Waals surface area contributed by atoms with Crippen molar-refractivity contribution in [1.29, 1.82) is 0 Å². The quantitative estimate of drug-likeness (QED) is 0.809. The maximum atomic E-state index is 11.7. The first-order chi connectivity index (χ1) is 7.90. The number of nitrogens with one attached hydrogen (secondary N) is 1. The van der Waals surface area contributed by atoms with Gasteiger partial charge < -0.3 is 15.3 Å². The Balaban J connectivity index is 2.54. The summed E-state index contributed by atoms with van der Waals surface area (Å²) in [7, 11) is 3.31. The number of hydrogen-bond acceptors (Lipinski definition) is 3. The second-order valence-electron chi connectivity index (χ2n) is 3.80. The fraction of sp³-hybridized carbons (Fsp3) is 0.500. The standard InChI is InChI=1S/C10H16N4O3/c1-7-8(6-14(3)12-7)11-10(17)13(2)5-4-9(15)16/h6H,4-5H2,1-3H3,(H,11,17)(H,15,16). The average Bonchev–Trinajstić information content (AvgIpc) is 2.53. The number of hydrogen-bond donors (Lipinski definition) is 2. The van der Waals surface area contributed by atoms with E-state index in [1.165, 1.54) is 4.90 Å². The van der Waals surface area contributed by atoms with E-state index in [2.05, 4.69) is 10.4 Å². The Hall–Kier alpha value is -2.05. The van der Waals surface area contributed by atoms with Crippen LogP contribution in [0.2, 0.25) is 0 Å². The first-order valence-corrected chi connectivity index (χ1v) is 5.14. The van der Waals surface area contributed by atoms with Crippen LogP contribution in [0, 0.1) is 6.92 Å². The van der Waals surface area contributed by atoms with Crippen molar-refractivity contribution in [2.45, 2.75) is 13.3 Å². The first kappa shape index (κ1) is 13.0. The van der Waals surface area contributed by atoms with Crippen LogP contribution in [0.25, 0.3) is 0 Å². The third-order valence-electron chi connectivity index (χ3n) is 2.26. The summed E-state index contributed by atoms with van der Waals surface area (Å²) in [6.45, 7) is 1.95. The summed E-state index contributed by atoms with van der Waals surface area (Å²) in [6.07, 6.45) is 1.62. The summed E-state index contributed by atoms with van der Waals surface area (Å²) in [5, 5.41) is 15.3. The number of nitrogens with zero attached hydrogens (tertiary/aromatic N) is 3. The second kappa shape index (κ2) is 5.33. The molecule has 0 aliphatic carbocycles. The zero-order valence-corrected chi connectivity index (χ0v) is 10.1. The highest BCUT2D eigenvalue weighted by Gasteiger charge is 2.12. The molecule has 0 radical (unpaired) electrons. The Morgan fingerprint density at radius 1 is 1.59 bits per heavy atom. The molecule has 0 bridgehead atoms. The van der Waals surface area contributed by atoms with Crippen molar-refractivity contribution in [2.24, 2.45) is 7.05 Å². The number of aryl methyl sites for hydroxylation is 2. The van der Waals surface area contributed by atoms with Crippen molar-refractivity contribution in [3.63, 3.8) is 0 Å². The van der Waals surface area contributed by atoms with Crippen LogP contribution in [0.15, 0.2) is 6.20 Å². The minimum absolute atomic E-state index is 0.0735. The van der Waals surface area contributed by atoms with E-state index < -0.39 is 5.97 Å². The van der Waals surface area contributed by atoms with Gasteiger partial charge in [0.15, 0.2) is 0 Å². The molecule has 0 saturated heterocycles. The summed E-state index contributed by atoms with van der Waals surface area (Å²) in [6, 6.07) is -0.345. The fourth-order valence-corrected chi connectivity index (χ4v) is 1.30. The van der Waals surface area contributed by atoms with Crippen LogP contribution in [0.1, 0.15) is 12.1 Å². The topological polar surface area (TPSA) is 87.5 Å². The number of anilines is 1. The second-order valence-corrected chi connectivity index (χ2v) is 3.80. The van der Waals surface area contributed by atoms with Gasteiger partial charge in [-0.05, 0) is 6.92 Å². The largest absolute Gasteiger partial charge is 0.481 e. The third kappa shape index (κ3) is 3.78. The minimum atomic E-state index is -0.929. The molecule has 0 aromatic carbocycles. The lowest BCUT2D eigenvalue weighted by Gasteiger charge is -2.16. The van der Waals surface area contributed by atoms with Crippen molar-refractivity contribution < 1.29 is 14.7 Å². The van der Waals surface area contributed by atoms with E-state index in [0.717, 1.165) is 0 Å². The lowest BCUT2D eigenvalue weighted by molar-refractivity contribution is -0.137. The Labute approximate surface area is 99.0 Å². The number of carboxylic acids is 1. The summed E-state index contributed by atoms with van der Waals surface area (Å²) in [5.74, 6) is -0.929. The van der Waals surface area contributed by atoms with E-state index in [4.69, 9.17) is 5.11 Å². The zero-order valence-electron chi connectivity index (χ0n) is 10.1. The van der Waals surface area contributed by atoms with Gasteiger partial charge in [-0.3, -0.25) is 9.48 Å². The molecule has 1 aromatic rings. The van der Waals surface area contributed by atoms with Crippen LogP contribution in [0.4, 0.5) is 10.5 Å². The normalized spacial score (nSPS) is 10.1. The Morgan fingerprint density at radius 3 is 2.71 bits per heavy atom. The maximum Gasteiger partial charge on any atom is 0.321 e. The smallest absolute Gasteiger partial charge is 0.321 e. The van der Waals surface area contributed by atoms with Gasteiger partial charge in [0, 0.05) is 26.8 Å². The Bertz CT molecular complexity index is 427.